The zero-order chi connectivity index (χ0) is 12.7. The quantitative estimate of drug-likeness (QED) is 0.750. The summed E-state index contributed by atoms with van der Waals surface area (Å²) in [5.41, 5.74) is 5.14. The fraction of sp³-hybridized carbons (Fsp3) is 0.100. The third-order valence-corrected chi connectivity index (χ3v) is 2.32. The van der Waals surface area contributed by atoms with Crippen LogP contribution in [0, 0.1) is 17.5 Å². The summed E-state index contributed by atoms with van der Waals surface area (Å²) in [6, 6.07) is 1.90. The highest BCUT2D eigenvalue weighted by atomic mass is 19.2. The van der Waals surface area contributed by atoms with Crippen LogP contribution in [0.2, 0.25) is 0 Å². The topological polar surface area (TPSA) is 64.1 Å². The van der Waals surface area contributed by atoms with Crippen molar-refractivity contribution in [2.75, 3.05) is 5.73 Å². The van der Waals surface area contributed by atoms with Crippen LogP contribution in [0.5, 0.6) is 5.75 Å². The average molecular weight is 243 g/mol. The molecule has 0 unspecified atom stereocenters. The molecule has 0 amide bonds. The Morgan fingerprint density at radius 3 is 2.41 bits per heavy atom. The van der Waals surface area contributed by atoms with Gasteiger partial charge in [-0.3, -0.25) is 4.68 Å². The van der Waals surface area contributed by atoms with Gasteiger partial charge in [0.25, 0.3) is 0 Å². The number of benzene rings is 1. The van der Waals surface area contributed by atoms with Crippen LogP contribution in [0.1, 0.15) is 0 Å². The molecular weight excluding hydrogens is 235 g/mol. The zero-order valence-corrected chi connectivity index (χ0v) is 8.71. The Bertz CT molecular complexity index is 575. The minimum absolute atomic E-state index is 0.0108. The lowest BCUT2D eigenvalue weighted by atomic mass is 10.1. The molecule has 0 aliphatic rings. The standard InChI is InChI=1S/C10H8F3N3O/c1-16-7(14)3-6(15-16)4-2-5(11)9(13)10(17)8(4)12/h2-3,17H,14H2,1H3. The summed E-state index contributed by atoms with van der Waals surface area (Å²) < 4.78 is 40.7. The van der Waals surface area contributed by atoms with E-state index in [1.165, 1.54) is 17.8 Å². The van der Waals surface area contributed by atoms with E-state index < -0.39 is 23.2 Å². The Hall–Kier alpha value is -2.18. The lowest BCUT2D eigenvalue weighted by Gasteiger charge is -2.03. The third kappa shape index (κ3) is 1.69. The molecule has 90 valence electrons. The van der Waals surface area contributed by atoms with Crippen LogP contribution in [0.3, 0.4) is 0 Å². The molecule has 0 bridgehead atoms. The van der Waals surface area contributed by atoms with Crippen molar-refractivity contribution in [1.29, 1.82) is 0 Å². The van der Waals surface area contributed by atoms with Gasteiger partial charge in [-0.25, -0.2) is 8.78 Å². The summed E-state index contributed by atoms with van der Waals surface area (Å²) in [5.74, 6) is -5.41. The van der Waals surface area contributed by atoms with Crippen LogP contribution in [0.4, 0.5) is 19.0 Å². The average Bonchev–Trinajstić information content (AvgIpc) is 2.61. The van der Waals surface area contributed by atoms with Gasteiger partial charge in [-0.05, 0) is 6.07 Å². The Balaban J connectivity index is 2.68. The summed E-state index contributed by atoms with van der Waals surface area (Å²) in [4.78, 5) is 0. The van der Waals surface area contributed by atoms with E-state index in [4.69, 9.17) is 10.8 Å². The predicted octanol–water partition coefficient (Wildman–Crippen LogP) is 1.79. The number of nitrogens with zero attached hydrogens (tertiary/aromatic N) is 2. The Kier molecular flexibility index (Phi) is 2.45. The summed E-state index contributed by atoms with van der Waals surface area (Å²) in [5, 5.41) is 12.9. The molecule has 0 radical (unpaired) electrons. The van der Waals surface area contributed by atoms with Crippen molar-refractivity contribution in [3.05, 3.63) is 29.6 Å². The number of rotatable bonds is 1. The Labute approximate surface area is 94.1 Å². The molecule has 0 atom stereocenters. The molecule has 0 aliphatic heterocycles. The number of nitrogens with two attached hydrogens (primary N) is 1. The molecule has 7 heteroatoms. The second kappa shape index (κ2) is 3.69. The van der Waals surface area contributed by atoms with Crippen molar-refractivity contribution in [3.8, 4) is 17.0 Å². The van der Waals surface area contributed by atoms with E-state index in [0.29, 0.717) is 6.07 Å². The van der Waals surface area contributed by atoms with Crippen LogP contribution >= 0.6 is 0 Å². The van der Waals surface area contributed by atoms with Crippen LogP contribution in [0.25, 0.3) is 11.3 Å². The molecule has 3 N–H and O–H groups in total. The molecule has 0 saturated heterocycles. The fourth-order valence-electron chi connectivity index (χ4n) is 1.39. The van der Waals surface area contributed by atoms with E-state index in [0.717, 1.165) is 0 Å². The predicted molar refractivity (Wildman–Crippen MR) is 54.6 cm³/mol. The van der Waals surface area contributed by atoms with Crippen LogP contribution in [-0.2, 0) is 7.05 Å². The van der Waals surface area contributed by atoms with Crippen molar-refractivity contribution in [3.63, 3.8) is 0 Å². The lowest BCUT2D eigenvalue weighted by Crippen LogP contribution is -1.97. The van der Waals surface area contributed by atoms with Gasteiger partial charge in [0.05, 0.1) is 5.69 Å². The summed E-state index contributed by atoms with van der Waals surface area (Å²) >= 11 is 0. The fourth-order valence-corrected chi connectivity index (χ4v) is 1.39. The first kappa shape index (κ1) is 11.3. The number of anilines is 1. The first-order valence-electron chi connectivity index (χ1n) is 4.58. The maximum atomic E-state index is 13.5. The molecule has 0 fully saturated rings. The second-order valence-corrected chi connectivity index (χ2v) is 3.46. The minimum atomic E-state index is -1.63. The van der Waals surface area contributed by atoms with Crippen LogP contribution in [-0.4, -0.2) is 14.9 Å². The number of phenols is 1. The molecule has 2 aromatic rings. The van der Waals surface area contributed by atoms with Crippen molar-refractivity contribution in [1.82, 2.24) is 9.78 Å². The van der Waals surface area contributed by atoms with Gasteiger partial charge in [0, 0.05) is 18.7 Å². The zero-order valence-electron chi connectivity index (χ0n) is 8.71. The van der Waals surface area contributed by atoms with E-state index >= 15 is 0 Å². The third-order valence-electron chi connectivity index (χ3n) is 2.32. The van der Waals surface area contributed by atoms with Crippen molar-refractivity contribution >= 4 is 5.82 Å². The molecule has 17 heavy (non-hydrogen) atoms. The number of hydrogen-bond donors (Lipinski definition) is 2. The number of phenolic OH excluding ortho intramolecular Hbond substituents is 1. The van der Waals surface area contributed by atoms with Gasteiger partial charge in [-0.1, -0.05) is 0 Å². The molecule has 0 aliphatic carbocycles. The van der Waals surface area contributed by atoms with Gasteiger partial charge >= 0.3 is 0 Å². The van der Waals surface area contributed by atoms with Gasteiger partial charge in [-0.2, -0.15) is 9.49 Å². The van der Waals surface area contributed by atoms with E-state index in [1.54, 1.807) is 0 Å². The molecule has 1 heterocycles. The van der Waals surface area contributed by atoms with Gasteiger partial charge in [0.2, 0.25) is 5.82 Å². The van der Waals surface area contributed by atoms with E-state index in [1.807, 2.05) is 0 Å². The van der Waals surface area contributed by atoms with E-state index in [9.17, 15) is 13.2 Å². The highest BCUT2D eigenvalue weighted by Crippen LogP contribution is 2.32. The molecule has 0 spiro atoms. The van der Waals surface area contributed by atoms with Crippen molar-refractivity contribution in [2.24, 2.45) is 7.05 Å². The van der Waals surface area contributed by atoms with Gasteiger partial charge in [0.1, 0.15) is 5.82 Å². The van der Waals surface area contributed by atoms with E-state index in [2.05, 4.69) is 5.10 Å². The summed E-state index contributed by atoms with van der Waals surface area (Å²) in [7, 11) is 1.51. The van der Waals surface area contributed by atoms with E-state index in [-0.39, 0.29) is 17.1 Å². The normalized spacial score (nSPS) is 10.8. The van der Waals surface area contributed by atoms with Crippen LogP contribution in [0.15, 0.2) is 12.1 Å². The maximum absolute atomic E-state index is 13.5. The number of aromatic hydroxyl groups is 1. The largest absolute Gasteiger partial charge is 0.503 e. The summed E-state index contributed by atoms with van der Waals surface area (Å²) in [6.45, 7) is 0. The highest BCUT2D eigenvalue weighted by Gasteiger charge is 2.20. The molecule has 1 aromatic heterocycles. The first-order valence-corrected chi connectivity index (χ1v) is 4.58. The SMILES string of the molecule is Cn1nc(-c2cc(F)c(F)c(O)c2F)cc1N. The van der Waals surface area contributed by atoms with Crippen LogP contribution < -0.4 is 5.73 Å². The molecule has 2 rings (SSSR count). The van der Waals surface area contributed by atoms with Crippen molar-refractivity contribution in [2.45, 2.75) is 0 Å². The molecule has 1 aromatic carbocycles. The molecule has 4 nitrogen and oxygen atoms in total. The van der Waals surface area contributed by atoms with Gasteiger partial charge in [-0.15, -0.1) is 0 Å². The minimum Gasteiger partial charge on any atom is -0.503 e. The number of nitrogen functional groups attached to an aromatic ring is 1. The first-order chi connectivity index (χ1) is 7.91. The monoisotopic (exact) mass is 243 g/mol. The second-order valence-electron chi connectivity index (χ2n) is 3.46. The number of aryl methyl sites for hydroxylation is 1. The Morgan fingerprint density at radius 1 is 1.24 bits per heavy atom. The van der Waals surface area contributed by atoms with Gasteiger partial charge < -0.3 is 10.8 Å². The highest BCUT2D eigenvalue weighted by molar-refractivity contribution is 5.65. The Morgan fingerprint density at radius 2 is 1.88 bits per heavy atom. The smallest absolute Gasteiger partial charge is 0.203 e. The number of aromatic nitrogens is 2. The summed E-state index contributed by atoms with van der Waals surface area (Å²) in [6.07, 6.45) is 0. The number of hydrogen-bond acceptors (Lipinski definition) is 3. The lowest BCUT2D eigenvalue weighted by molar-refractivity contribution is 0.377. The van der Waals surface area contributed by atoms with Gasteiger partial charge in [0.15, 0.2) is 17.4 Å². The number of halogens is 3. The molecular formula is C10H8F3N3O. The van der Waals surface area contributed by atoms with Crippen molar-refractivity contribution < 1.29 is 18.3 Å². The molecule has 0 saturated carbocycles. The maximum Gasteiger partial charge on any atom is 0.203 e.